The molecule has 0 saturated carbocycles. The summed E-state index contributed by atoms with van der Waals surface area (Å²) in [5.74, 6) is -1.37. The maximum Gasteiger partial charge on any atom is 0.262 e. The zero-order chi connectivity index (χ0) is 22.9. The Balaban J connectivity index is 1.33. The number of imide groups is 1. The van der Waals surface area contributed by atoms with Crippen LogP contribution in [0.25, 0.3) is 21.8 Å². The largest absolute Gasteiger partial charge is 0.324 e. The first-order valence-corrected chi connectivity index (χ1v) is 11.1. The number of amides is 3. The van der Waals surface area contributed by atoms with Crippen molar-refractivity contribution in [2.75, 3.05) is 5.32 Å². The van der Waals surface area contributed by atoms with Crippen molar-refractivity contribution in [3.8, 4) is 21.8 Å². The van der Waals surface area contributed by atoms with Crippen molar-refractivity contribution < 1.29 is 14.4 Å². The minimum atomic E-state index is -0.961. The number of aromatic nitrogens is 2. The quantitative estimate of drug-likeness (QED) is 0.449. The standard InChI is InChI=1S/C25H18N4O3S/c1-15(29-24(31)19-9-2-3-10-20(19)25(29)32)22(30)27-18-8-4-6-16(12-18)21-14-33-23(28-21)17-7-5-11-26-13-17/h2-15H,1H3,(H,27,30). The Hall–Kier alpha value is -4.17. The van der Waals surface area contributed by atoms with E-state index in [4.69, 9.17) is 0 Å². The number of rotatable bonds is 5. The fourth-order valence-corrected chi connectivity index (χ4v) is 4.53. The van der Waals surface area contributed by atoms with Gasteiger partial charge in [0, 0.05) is 34.6 Å². The van der Waals surface area contributed by atoms with Crippen molar-refractivity contribution in [1.29, 1.82) is 0 Å². The summed E-state index contributed by atoms with van der Waals surface area (Å²) in [5.41, 5.74) is 3.75. The molecule has 1 unspecified atom stereocenters. The number of thiazole rings is 1. The molecule has 0 radical (unpaired) electrons. The van der Waals surface area contributed by atoms with Crippen LogP contribution in [-0.4, -0.2) is 38.6 Å². The molecule has 3 amide bonds. The van der Waals surface area contributed by atoms with Crippen molar-refractivity contribution in [2.24, 2.45) is 0 Å². The van der Waals surface area contributed by atoms with E-state index in [1.807, 2.05) is 35.7 Å². The Morgan fingerprint density at radius 2 is 1.70 bits per heavy atom. The van der Waals surface area contributed by atoms with E-state index in [1.165, 1.54) is 11.3 Å². The molecule has 0 aliphatic carbocycles. The van der Waals surface area contributed by atoms with Gasteiger partial charge in [-0.05, 0) is 43.3 Å². The molecule has 1 aliphatic heterocycles. The normalized spacial score (nSPS) is 13.7. The lowest BCUT2D eigenvalue weighted by Crippen LogP contribution is -2.45. The van der Waals surface area contributed by atoms with E-state index in [0.717, 1.165) is 26.7 Å². The summed E-state index contributed by atoms with van der Waals surface area (Å²) in [6.07, 6.45) is 3.48. The fraction of sp³-hybridized carbons (Fsp3) is 0.0800. The number of fused-ring (bicyclic) bond motifs is 1. The highest BCUT2D eigenvalue weighted by Gasteiger charge is 2.40. The van der Waals surface area contributed by atoms with Gasteiger partial charge in [0.15, 0.2) is 0 Å². The minimum Gasteiger partial charge on any atom is -0.324 e. The first-order chi connectivity index (χ1) is 16.0. The van der Waals surface area contributed by atoms with Crippen LogP contribution in [-0.2, 0) is 4.79 Å². The summed E-state index contributed by atoms with van der Waals surface area (Å²) in [4.78, 5) is 48.1. The number of carbonyl (C=O) groups is 3. The molecule has 5 rings (SSSR count). The van der Waals surface area contributed by atoms with Gasteiger partial charge in [-0.2, -0.15) is 0 Å². The Morgan fingerprint density at radius 3 is 2.39 bits per heavy atom. The molecule has 4 aromatic rings. The number of benzene rings is 2. The Labute approximate surface area is 193 Å². The van der Waals surface area contributed by atoms with Crippen molar-refractivity contribution in [1.82, 2.24) is 14.9 Å². The van der Waals surface area contributed by atoms with E-state index in [-0.39, 0.29) is 0 Å². The monoisotopic (exact) mass is 454 g/mol. The number of carbonyl (C=O) groups excluding carboxylic acids is 3. The van der Waals surface area contributed by atoms with Crippen LogP contribution in [0.5, 0.6) is 0 Å². The second-order valence-electron chi connectivity index (χ2n) is 7.55. The molecule has 33 heavy (non-hydrogen) atoms. The Bertz CT molecular complexity index is 1350. The highest BCUT2D eigenvalue weighted by Crippen LogP contribution is 2.30. The number of pyridine rings is 1. The lowest BCUT2D eigenvalue weighted by Gasteiger charge is -2.21. The van der Waals surface area contributed by atoms with Gasteiger partial charge in [0.1, 0.15) is 11.0 Å². The molecule has 1 aliphatic rings. The third-order valence-corrected chi connectivity index (χ3v) is 6.32. The predicted octanol–water partition coefficient (Wildman–Crippen LogP) is 4.50. The zero-order valence-corrected chi connectivity index (χ0v) is 18.4. The molecule has 0 saturated heterocycles. The highest BCUT2D eigenvalue weighted by molar-refractivity contribution is 7.13. The van der Waals surface area contributed by atoms with Crippen LogP contribution in [0.1, 0.15) is 27.6 Å². The third-order valence-electron chi connectivity index (χ3n) is 5.43. The Kier molecular flexibility index (Phi) is 5.27. The summed E-state index contributed by atoms with van der Waals surface area (Å²) in [7, 11) is 0. The second kappa shape index (κ2) is 8.40. The number of nitrogens with one attached hydrogen (secondary N) is 1. The lowest BCUT2D eigenvalue weighted by atomic mass is 10.1. The van der Waals surface area contributed by atoms with E-state index >= 15 is 0 Å². The summed E-state index contributed by atoms with van der Waals surface area (Å²) >= 11 is 1.51. The van der Waals surface area contributed by atoms with Gasteiger partial charge in [-0.15, -0.1) is 11.3 Å². The van der Waals surface area contributed by atoms with Crippen LogP contribution in [0.4, 0.5) is 5.69 Å². The molecule has 2 aromatic heterocycles. The van der Waals surface area contributed by atoms with E-state index in [1.54, 1.807) is 49.6 Å². The second-order valence-corrected chi connectivity index (χ2v) is 8.41. The SMILES string of the molecule is CC(C(=O)Nc1cccc(-c2csc(-c3cccnc3)n2)c1)N1C(=O)c2ccccc2C1=O. The minimum absolute atomic E-state index is 0.317. The third kappa shape index (κ3) is 3.81. The fourth-order valence-electron chi connectivity index (χ4n) is 3.71. The molecule has 1 N–H and O–H groups in total. The molecule has 1 atom stereocenters. The van der Waals surface area contributed by atoms with Gasteiger partial charge in [0.25, 0.3) is 11.8 Å². The van der Waals surface area contributed by atoms with Crippen molar-refractivity contribution in [3.05, 3.63) is 89.6 Å². The van der Waals surface area contributed by atoms with Gasteiger partial charge in [-0.3, -0.25) is 24.3 Å². The highest BCUT2D eigenvalue weighted by atomic mass is 32.1. The van der Waals surface area contributed by atoms with Crippen LogP contribution in [0.2, 0.25) is 0 Å². The molecule has 8 heteroatoms. The van der Waals surface area contributed by atoms with Crippen LogP contribution >= 0.6 is 11.3 Å². The number of hydrogen-bond donors (Lipinski definition) is 1. The average Bonchev–Trinajstić information content (AvgIpc) is 3.43. The molecule has 0 bridgehead atoms. The summed E-state index contributed by atoms with van der Waals surface area (Å²) in [6.45, 7) is 1.54. The van der Waals surface area contributed by atoms with E-state index in [9.17, 15) is 14.4 Å². The van der Waals surface area contributed by atoms with Crippen molar-refractivity contribution >= 4 is 34.7 Å². The Morgan fingerprint density at radius 1 is 0.970 bits per heavy atom. The first kappa shape index (κ1) is 20.7. The van der Waals surface area contributed by atoms with Crippen LogP contribution in [0.3, 0.4) is 0 Å². The summed E-state index contributed by atoms with van der Waals surface area (Å²) in [5, 5.41) is 5.62. The smallest absolute Gasteiger partial charge is 0.262 e. The van der Waals surface area contributed by atoms with Crippen LogP contribution in [0.15, 0.2) is 78.4 Å². The maximum atomic E-state index is 12.9. The molecular formula is C25H18N4O3S. The number of nitrogens with zero attached hydrogens (tertiary/aromatic N) is 3. The van der Waals surface area contributed by atoms with Gasteiger partial charge >= 0.3 is 0 Å². The van der Waals surface area contributed by atoms with Gasteiger partial charge in [0.2, 0.25) is 5.91 Å². The molecule has 0 spiro atoms. The number of anilines is 1. The zero-order valence-electron chi connectivity index (χ0n) is 17.6. The molecule has 3 heterocycles. The molecule has 7 nitrogen and oxygen atoms in total. The molecule has 162 valence electrons. The van der Waals surface area contributed by atoms with E-state index < -0.39 is 23.8 Å². The molecule has 2 aromatic carbocycles. The van der Waals surface area contributed by atoms with Gasteiger partial charge in [-0.25, -0.2) is 4.98 Å². The summed E-state index contributed by atoms with van der Waals surface area (Å²) < 4.78 is 0. The van der Waals surface area contributed by atoms with Gasteiger partial charge < -0.3 is 5.32 Å². The van der Waals surface area contributed by atoms with E-state index in [0.29, 0.717) is 16.8 Å². The van der Waals surface area contributed by atoms with Crippen molar-refractivity contribution in [2.45, 2.75) is 13.0 Å². The average molecular weight is 455 g/mol. The molecular weight excluding hydrogens is 436 g/mol. The van der Waals surface area contributed by atoms with Crippen LogP contribution < -0.4 is 5.32 Å². The predicted molar refractivity (Wildman–Crippen MR) is 126 cm³/mol. The van der Waals surface area contributed by atoms with Crippen LogP contribution in [0, 0.1) is 0 Å². The van der Waals surface area contributed by atoms with Gasteiger partial charge in [-0.1, -0.05) is 24.3 Å². The lowest BCUT2D eigenvalue weighted by molar-refractivity contribution is -0.119. The molecule has 0 fully saturated rings. The first-order valence-electron chi connectivity index (χ1n) is 10.3. The van der Waals surface area contributed by atoms with E-state index in [2.05, 4.69) is 15.3 Å². The van der Waals surface area contributed by atoms with Crippen molar-refractivity contribution in [3.63, 3.8) is 0 Å². The topological polar surface area (TPSA) is 92.3 Å². The van der Waals surface area contributed by atoms with Gasteiger partial charge in [0.05, 0.1) is 16.8 Å². The number of hydrogen-bond acceptors (Lipinski definition) is 6. The maximum absolute atomic E-state index is 12.9. The summed E-state index contributed by atoms with van der Waals surface area (Å²) in [6, 6.07) is 16.7.